The van der Waals surface area contributed by atoms with Crippen molar-refractivity contribution in [2.45, 2.75) is 26.3 Å². The Balaban J connectivity index is 1.81. The molecule has 1 heteroatoms. The zero-order valence-electron chi connectivity index (χ0n) is 9.19. The average molecular weight is 199 g/mol. The molecule has 0 aliphatic rings. The van der Waals surface area contributed by atoms with Crippen molar-refractivity contribution in [3.05, 3.63) is 59.9 Å². The zero-order chi connectivity index (χ0) is 10.5. The summed E-state index contributed by atoms with van der Waals surface area (Å²) in [5.74, 6) is 0. The predicted octanol–water partition coefficient (Wildman–Crippen LogP) is 3.43. The van der Waals surface area contributed by atoms with E-state index in [-0.39, 0.29) is 0 Å². The molecule has 2 rings (SSSR count). The van der Waals surface area contributed by atoms with Gasteiger partial charge in [-0.3, -0.25) is 0 Å². The third-order valence-electron chi connectivity index (χ3n) is 2.67. The van der Waals surface area contributed by atoms with Crippen molar-refractivity contribution < 1.29 is 0 Å². The topological polar surface area (TPSA) is 4.93 Å². The van der Waals surface area contributed by atoms with Gasteiger partial charge in [0.05, 0.1) is 0 Å². The minimum Gasteiger partial charge on any atom is -0.354 e. The van der Waals surface area contributed by atoms with Gasteiger partial charge in [0.2, 0.25) is 0 Å². The molecule has 0 bridgehead atoms. The highest BCUT2D eigenvalue weighted by molar-refractivity contribution is 5.21. The van der Waals surface area contributed by atoms with E-state index >= 15 is 0 Å². The third kappa shape index (κ3) is 2.98. The van der Waals surface area contributed by atoms with E-state index in [1.165, 1.54) is 24.0 Å². The molecule has 1 aromatic heterocycles. The van der Waals surface area contributed by atoms with E-state index in [4.69, 9.17) is 0 Å². The Morgan fingerprint density at radius 2 is 1.67 bits per heavy atom. The van der Waals surface area contributed by atoms with Gasteiger partial charge in [-0.05, 0) is 37.5 Å². The van der Waals surface area contributed by atoms with Crippen LogP contribution in [0.25, 0.3) is 0 Å². The van der Waals surface area contributed by atoms with Crippen molar-refractivity contribution in [1.82, 2.24) is 4.57 Å². The first kappa shape index (κ1) is 10.0. The summed E-state index contributed by atoms with van der Waals surface area (Å²) < 4.78 is 2.23. The third-order valence-corrected chi connectivity index (χ3v) is 2.67. The molecular formula is C14H17N. The molecule has 78 valence electrons. The summed E-state index contributed by atoms with van der Waals surface area (Å²) in [6, 6.07) is 13.0. The van der Waals surface area contributed by atoms with Crippen molar-refractivity contribution >= 4 is 0 Å². The van der Waals surface area contributed by atoms with E-state index in [2.05, 4.69) is 60.3 Å². The summed E-state index contributed by atoms with van der Waals surface area (Å²) in [6.07, 6.45) is 6.61. The van der Waals surface area contributed by atoms with Crippen LogP contribution in [0, 0.1) is 6.92 Å². The van der Waals surface area contributed by atoms with Crippen LogP contribution in [0.5, 0.6) is 0 Å². The molecule has 0 N–H and O–H groups in total. The number of aryl methyl sites for hydroxylation is 3. The molecule has 0 saturated heterocycles. The van der Waals surface area contributed by atoms with Gasteiger partial charge in [-0.25, -0.2) is 0 Å². The zero-order valence-corrected chi connectivity index (χ0v) is 9.19. The fourth-order valence-electron chi connectivity index (χ4n) is 1.74. The maximum Gasteiger partial charge on any atom is 0.0222 e. The molecule has 1 heterocycles. The number of nitrogens with zero attached hydrogens (tertiary/aromatic N) is 1. The summed E-state index contributed by atoms with van der Waals surface area (Å²) in [5.41, 5.74) is 2.77. The number of rotatable bonds is 4. The van der Waals surface area contributed by atoms with Crippen LogP contribution < -0.4 is 0 Å². The van der Waals surface area contributed by atoms with E-state index in [0.717, 1.165) is 6.54 Å². The minimum atomic E-state index is 1.11. The van der Waals surface area contributed by atoms with Crippen LogP contribution in [-0.4, -0.2) is 4.57 Å². The molecule has 0 atom stereocenters. The van der Waals surface area contributed by atoms with Crippen molar-refractivity contribution in [2.24, 2.45) is 0 Å². The first-order valence-corrected chi connectivity index (χ1v) is 5.51. The standard InChI is InChI=1S/C14H17N/c1-13-6-8-14(9-7-13)5-4-12-15-10-2-3-11-15/h2-3,6-11H,4-5,12H2,1H3. The predicted molar refractivity (Wildman–Crippen MR) is 63.9 cm³/mol. The highest BCUT2D eigenvalue weighted by Crippen LogP contribution is 2.06. The molecule has 0 radical (unpaired) electrons. The van der Waals surface area contributed by atoms with Crippen molar-refractivity contribution in [3.8, 4) is 0 Å². The van der Waals surface area contributed by atoms with Gasteiger partial charge >= 0.3 is 0 Å². The van der Waals surface area contributed by atoms with Gasteiger partial charge in [0, 0.05) is 18.9 Å². The maximum absolute atomic E-state index is 2.23. The molecule has 15 heavy (non-hydrogen) atoms. The average Bonchev–Trinajstić information content (AvgIpc) is 2.74. The molecule has 0 saturated carbocycles. The molecule has 0 spiro atoms. The number of benzene rings is 1. The molecule has 1 nitrogen and oxygen atoms in total. The summed E-state index contributed by atoms with van der Waals surface area (Å²) in [6.45, 7) is 3.24. The first-order valence-electron chi connectivity index (χ1n) is 5.51. The molecule has 1 aromatic carbocycles. The van der Waals surface area contributed by atoms with Crippen LogP contribution in [0.3, 0.4) is 0 Å². The maximum atomic E-state index is 2.23. The van der Waals surface area contributed by atoms with Crippen LogP contribution >= 0.6 is 0 Å². The van der Waals surface area contributed by atoms with Gasteiger partial charge in [-0.2, -0.15) is 0 Å². The fourth-order valence-corrected chi connectivity index (χ4v) is 1.74. The van der Waals surface area contributed by atoms with Gasteiger partial charge in [0.25, 0.3) is 0 Å². The number of aromatic nitrogens is 1. The lowest BCUT2D eigenvalue weighted by Crippen LogP contribution is -1.96. The van der Waals surface area contributed by atoms with E-state index < -0.39 is 0 Å². The van der Waals surface area contributed by atoms with Crippen LogP contribution in [0.4, 0.5) is 0 Å². The van der Waals surface area contributed by atoms with Gasteiger partial charge < -0.3 is 4.57 Å². The second-order valence-corrected chi connectivity index (χ2v) is 4.01. The second-order valence-electron chi connectivity index (χ2n) is 4.01. The van der Waals surface area contributed by atoms with Crippen molar-refractivity contribution in [2.75, 3.05) is 0 Å². The van der Waals surface area contributed by atoms with E-state index in [9.17, 15) is 0 Å². The summed E-state index contributed by atoms with van der Waals surface area (Å²) in [7, 11) is 0. The summed E-state index contributed by atoms with van der Waals surface area (Å²) in [4.78, 5) is 0. The first-order chi connectivity index (χ1) is 7.34. The highest BCUT2D eigenvalue weighted by Gasteiger charge is 1.93. The van der Waals surface area contributed by atoms with Crippen molar-refractivity contribution in [3.63, 3.8) is 0 Å². The Bertz CT molecular complexity index is 384. The Hall–Kier alpha value is -1.50. The summed E-state index contributed by atoms with van der Waals surface area (Å²) in [5, 5.41) is 0. The van der Waals surface area contributed by atoms with Gasteiger partial charge in [-0.1, -0.05) is 29.8 Å². The quantitative estimate of drug-likeness (QED) is 0.711. The Labute approximate surface area is 91.4 Å². The molecule has 0 fully saturated rings. The monoisotopic (exact) mass is 199 g/mol. The molecular weight excluding hydrogens is 182 g/mol. The fraction of sp³-hybridized carbons (Fsp3) is 0.286. The highest BCUT2D eigenvalue weighted by atomic mass is 14.9. The second kappa shape index (κ2) is 4.83. The van der Waals surface area contributed by atoms with E-state index in [0.29, 0.717) is 0 Å². The summed E-state index contributed by atoms with van der Waals surface area (Å²) >= 11 is 0. The Kier molecular flexibility index (Phi) is 3.23. The smallest absolute Gasteiger partial charge is 0.0222 e. The SMILES string of the molecule is Cc1ccc(CCCn2cccc2)cc1. The van der Waals surface area contributed by atoms with Crippen molar-refractivity contribution in [1.29, 1.82) is 0 Å². The lowest BCUT2D eigenvalue weighted by atomic mass is 10.1. The lowest BCUT2D eigenvalue weighted by Gasteiger charge is -2.03. The largest absolute Gasteiger partial charge is 0.354 e. The molecule has 0 aliphatic heterocycles. The number of hydrogen-bond donors (Lipinski definition) is 0. The molecule has 0 amide bonds. The minimum absolute atomic E-state index is 1.11. The van der Waals surface area contributed by atoms with E-state index in [1.54, 1.807) is 0 Å². The lowest BCUT2D eigenvalue weighted by molar-refractivity contribution is 0.646. The van der Waals surface area contributed by atoms with Gasteiger partial charge in [0.15, 0.2) is 0 Å². The Morgan fingerprint density at radius 3 is 2.33 bits per heavy atom. The van der Waals surface area contributed by atoms with Gasteiger partial charge in [0.1, 0.15) is 0 Å². The molecule has 2 aromatic rings. The normalized spacial score (nSPS) is 10.5. The van der Waals surface area contributed by atoms with Gasteiger partial charge in [-0.15, -0.1) is 0 Å². The van der Waals surface area contributed by atoms with Crippen LogP contribution in [0.2, 0.25) is 0 Å². The van der Waals surface area contributed by atoms with Crippen LogP contribution in [-0.2, 0) is 13.0 Å². The molecule has 0 unspecified atom stereocenters. The molecule has 0 aliphatic carbocycles. The van der Waals surface area contributed by atoms with Crippen LogP contribution in [0.1, 0.15) is 17.5 Å². The Morgan fingerprint density at radius 1 is 1.00 bits per heavy atom. The number of hydrogen-bond acceptors (Lipinski definition) is 0. The van der Waals surface area contributed by atoms with E-state index in [1.807, 2.05) is 0 Å². The van der Waals surface area contributed by atoms with Crippen LogP contribution in [0.15, 0.2) is 48.8 Å².